The van der Waals surface area contributed by atoms with Gasteiger partial charge in [0.2, 0.25) is 11.8 Å². The van der Waals surface area contributed by atoms with Gasteiger partial charge in [0.05, 0.1) is 29.1 Å². The van der Waals surface area contributed by atoms with E-state index in [1.54, 1.807) is 69.5 Å². The lowest BCUT2D eigenvalue weighted by atomic mass is 9.95. The van der Waals surface area contributed by atoms with E-state index >= 15 is 0 Å². The first-order chi connectivity index (χ1) is 16.1. The van der Waals surface area contributed by atoms with Gasteiger partial charge < -0.3 is 25.4 Å². The summed E-state index contributed by atoms with van der Waals surface area (Å²) in [5, 5.41) is 1.90. The highest BCUT2D eigenvalue weighted by Gasteiger charge is 2.68. The van der Waals surface area contributed by atoms with E-state index in [1.807, 2.05) is 0 Å². The average Bonchev–Trinajstić information content (AvgIpc) is 3.01. The van der Waals surface area contributed by atoms with Crippen molar-refractivity contribution in [3.05, 3.63) is 59.7 Å². The number of hydrogen-bond acceptors (Lipinski definition) is 7. The number of carbonyl (C=O) groups is 3. The molecule has 4 atom stereocenters. The third kappa shape index (κ3) is 4.25. The minimum atomic E-state index is -1.58. The van der Waals surface area contributed by atoms with Gasteiger partial charge in [-0.25, -0.2) is 4.79 Å². The third-order valence-corrected chi connectivity index (χ3v) is 8.38. The molecule has 2 amide bonds. The third-order valence-electron chi connectivity index (χ3n) is 6.18. The van der Waals surface area contributed by atoms with Crippen LogP contribution in [0.5, 0.6) is 5.75 Å². The normalized spacial score (nSPS) is 24.7. The molecule has 180 valence electrons. The number of carbonyl (C=O) groups excluding carboxylic acids is 3. The van der Waals surface area contributed by atoms with E-state index in [2.05, 4.69) is 5.32 Å². The van der Waals surface area contributed by atoms with Crippen LogP contribution in [0.4, 0.5) is 5.69 Å². The molecule has 9 nitrogen and oxygen atoms in total. The molecule has 2 aromatic carbocycles. The second-order valence-corrected chi connectivity index (χ2v) is 11.0. The smallest absolute Gasteiger partial charge is 0.330 e. The van der Waals surface area contributed by atoms with Gasteiger partial charge in [-0.3, -0.25) is 13.8 Å². The molecular formula is C24H27N3O6S. The highest BCUT2D eigenvalue weighted by Crippen LogP contribution is 2.44. The summed E-state index contributed by atoms with van der Waals surface area (Å²) in [7, 11) is -0.0236. The number of nitrogens with one attached hydrogen (secondary N) is 1. The Morgan fingerprint density at radius 2 is 1.71 bits per heavy atom. The van der Waals surface area contributed by atoms with Gasteiger partial charge in [0.1, 0.15) is 29.8 Å². The van der Waals surface area contributed by atoms with Crippen LogP contribution in [-0.4, -0.2) is 56.2 Å². The number of anilines is 1. The summed E-state index contributed by atoms with van der Waals surface area (Å²) in [5.74, 6) is -0.762. The maximum atomic E-state index is 13.2. The summed E-state index contributed by atoms with van der Waals surface area (Å²) in [6, 6.07) is 11.9. The topological polar surface area (TPSA) is 128 Å². The van der Waals surface area contributed by atoms with Gasteiger partial charge in [-0.1, -0.05) is 24.3 Å². The van der Waals surface area contributed by atoms with Crippen molar-refractivity contribution in [3.8, 4) is 5.75 Å². The SMILES string of the molecule is COc1ccc(COC(=O)[C@@H]2N3C(=O)[C@@H](NC(=O)Cc4ccc(N)cc4)[C@H]3[S@@](=O)C2(C)C)cc1. The van der Waals surface area contributed by atoms with Crippen LogP contribution in [0, 0.1) is 0 Å². The first-order valence-corrected chi connectivity index (χ1v) is 12.0. The number of esters is 1. The number of benzene rings is 2. The summed E-state index contributed by atoms with van der Waals surface area (Å²) in [6.07, 6.45) is 0.0557. The molecule has 0 bridgehead atoms. The van der Waals surface area contributed by atoms with Gasteiger partial charge in [0.15, 0.2) is 0 Å². The van der Waals surface area contributed by atoms with Crippen molar-refractivity contribution in [1.82, 2.24) is 10.2 Å². The maximum absolute atomic E-state index is 13.2. The molecule has 0 spiro atoms. The molecule has 3 N–H and O–H groups in total. The number of fused-ring (bicyclic) bond motifs is 1. The predicted molar refractivity (Wildman–Crippen MR) is 126 cm³/mol. The zero-order valence-corrected chi connectivity index (χ0v) is 20.0. The molecule has 0 aromatic heterocycles. The van der Waals surface area contributed by atoms with Gasteiger partial charge in [0, 0.05) is 5.69 Å². The Bertz CT molecular complexity index is 1130. The summed E-state index contributed by atoms with van der Waals surface area (Å²) in [4.78, 5) is 39.7. The fourth-order valence-electron chi connectivity index (χ4n) is 4.27. The van der Waals surface area contributed by atoms with Crippen molar-refractivity contribution in [2.45, 2.75) is 49.1 Å². The Morgan fingerprint density at radius 1 is 1.09 bits per heavy atom. The molecule has 10 heteroatoms. The number of rotatable bonds is 7. The average molecular weight is 486 g/mol. The molecule has 34 heavy (non-hydrogen) atoms. The molecule has 2 aliphatic rings. The number of hydrogen-bond donors (Lipinski definition) is 2. The summed E-state index contributed by atoms with van der Waals surface area (Å²) in [6.45, 7) is 3.35. The van der Waals surface area contributed by atoms with Gasteiger partial charge in [-0.05, 0) is 49.2 Å². The van der Waals surface area contributed by atoms with Crippen LogP contribution in [0.15, 0.2) is 48.5 Å². The van der Waals surface area contributed by atoms with Crippen LogP contribution in [-0.2, 0) is 42.9 Å². The molecule has 2 aliphatic heterocycles. The van der Waals surface area contributed by atoms with E-state index in [0.29, 0.717) is 11.4 Å². The van der Waals surface area contributed by atoms with E-state index in [9.17, 15) is 18.6 Å². The molecule has 2 fully saturated rings. The first kappa shape index (κ1) is 23.7. The second kappa shape index (κ2) is 9.09. The summed E-state index contributed by atoms with van der Waals surface area (Å²) < 4.78 is 22.8. The Kier molecular flexibility index (Phi) is 6.35. The Balaban J connectivity index is 1.41. The van der Waals surface area contributed by atoms with Crippen molar-refractivity contribution >= 4 is 34.3 Å². The predicted octanol–water partition coefficient (Wildman–Crippen LogP) is 1.13. The number of ether oxygens (including phenoxy) is 2. The molecule has 0 aliphatic carbocycles. The molecule has 0 saturated carbocycles. The second-order valence-electron chi connectivity index (χ2n) is 8.86. The van der Waals surface area contributed by atoms with Crippen molar-refractivity contribution < 1.29 is 28.1 Å². The summed E-state index contributed by atoms with van der Waals surface area (Å²) >= 11 is 0. The highest BCUT2D eigenvalue weighted by atomic mass is 32.2. The van der Waals surface area contributed by atoms with Crippen molar-refractivity contribution in [2.24, 2.45) is 0 Å². The molecule has 0 unspecified atom stereocenters. The molecule has 2 aromatic rings. The molecule has 2 heterocycles. The van der Waals surface area contributed by atoms with Gasteiger partial charge in [-0.2, -0.15) is 0 Å². The largest absolute Gasteiger partial charge is 0.497 e. The van der Waals surface area contributed by atoms with Gasteiger partial charge >= 0.3 is 5.97 Å². The fourth-order valence-corrected chi connectivity index (χ4v) is 6.19. The van der Waals surface area contributed by atoms with Crippen LogP contribution in [0.3, 0.4) is 0 Å². The van der Waals surface area contributed by atoms with Crippen LogP contribution in [0.25, 0.3) is 0 Å². The fraction of sp³-hybridized carbons (Fsp3) is 0.375. The van der Waals surface area contributed by atoms with E-state index in [0.717, 1.165) is 11.1 Å². The number of nitrogens with two attached hydrogens (primary N) is 1. The van der Waals surface area contributed by atoms with Crippen LogP contribution >= 0.6 is 0 Å². The van der Waals surface area contributed by atoms with E-state index in [-0.39, 0.29) is 18.9 Å². The molecular weight excluding hydrogens is 458 g/mol. The Labute approximate surface area is 200 Å². The standard InChI is InChI=1S/C24H27N3O6S/c1-24(2)20(23(30)33-13-15-6-10-17(32-3)11-7-15)27-21(29)19(22(27)34(24)31)26-18(28)12-14-4-8-16(25)9-5-14/h4-11,19-20,22H,12-13,25H2,1-3H3,(H,26,28)/t19-,20+,22-,34-/m1/s1. The van der Waals surface area contributed by atoms with E-state index in [4.69, 9.17) is 15.2 Å². The first-order valence-electron chi connectivity index (χ1n) is 10.8. The lowest BCUT2D eigenvalue weighted by Gasteiger charge is -2.43. The summed E-state index contributed by atoms with van der Waals surface area (Å²) in [5.41, 5.74) is 7.74. The van der Waals surface area contributed by atoms with Crippen LogP contribution in [0.2, 0.25) is 0 Å². The number of methoxy groups -OCH3 is 1. The lowest BCUT2D eigenvalue weighted by Crippen LogP contribution is -2.71. The highest BCUT2D eigenvalue weighted by molar-refractivity contribution is 7.87. The van der Waals surface area contributed by atoms with Crippen molar-refractivity contribution in [3.63, 3.8) is 0 Å². The molecule has 4 rings (SSSR count). The van der Waals surface area contributed by atoms with Gasteiger partial charge in [-0.15, -0.1) is 0 Å². The Hall–Kier alpha value is -3.40. The van der Waals surface area contributed by atoms with Gasteiger partial charge in [0.25, 0.3) is 0 Å². The van der Waals surface area contributed by atoms with E-state index < -0.39 is 44.9 Å². The number of amides is 2. The zero-order chi connectivity index (χ0) is 24.6. The minimum Gasteiger partial charge on any atom is -0.497 e. The molecule has 0 radical (unpaired) electrons. The molecule has 2 saturated heterocycles. The van der Waals surface area contributed by atoms with E-state index in [1.165, 1.54) is 4.90 Å². The minimum absolute atomic E-state index is 0.0104. The van der Waals surface area contributed by atoms with Crippen molar-refractivity contribution in [2.75, 3.05) is 12.8 Å². The zero-order valence-electron chi connectivity index (χ0n) is 19.1. The monoisotopic (exact) mass is 485 g/mol. The number of β-lactam (4-membered cyclic amide) rings is 1. The number of nitrogens with zero attached hydrogens (tertiary/aromatic N) is 1. The quantitative estimate of drug-likeness (QED) is 0.342. The maximum Gasteiger partial charge on any atom is 0.330 e. The van der Waals surface area contributed by atoms with Crippen LogP contribution in [0.1, 0.15) is 25.0 Å². The van der Waals surface area contributed by atoms with Crippen LogP contribution < -0.4 is 15.8 Å². The Morgan fingerprint density at radius 3 is 2.32 bits per heavy atom. The van der Waals surface area contributed by atoms with Crippen molar-refractivity contribution in [1.29, 1.82) is 0 Å². The number of nitrogen functional groups attached to an aromatic ring is 1. The lowest BCUT2D eigenvalue weighted by molar-refractivity contribution is -0.165.